The van der Waals surface area contributed by atoms with Crippen molar-refractivity contribution in [2.24, 2.45) is 0 Å². The van der Waals surface area contributed by atoms with E-state index in [0.29, 0.717) is 19.4 Å². The summed E-state index contributed by atoms with van der Waals surface area (Å²) in [5.74, 6) is -1.33. The van der Waals surface area contributed by atoms with Crippen molar-refractivity contribution in [2.45, 2.75) is 32.7 Å². The lowest BCUT2D eigenvalue weighted by atomic mass is 10.2. The van der Waals surface area contributed by atoms with Crippen LogP contribution in [0, 0.1) is 0 Å². The fourth-order valence-electron chi connectivity index (χ4n) is 1.74. The van der Waals surface area contributed by atoms with Crippen molar-refractivity contribution in [3.63, 3.8) is 0 Å². The number of carboxylic acids is 1. The first-order valence-corrected chi connectivity index (χ1v) is 6.34. The molecule has 0 aromatic carbocycles. The molecule has 0 spiro atoms. The Balaban J connectivity index is 4.87. The lowest BCUT2D eigenvalue weighted by Gasteiger charge is -2.30. The monoisotopic (exact) mass is 273 g/mol. The van der Waals surface area contributed by atoms with Crippen LogP contribution < -0.4 is 5.32 Å². The van der Waals surface area contributed by atoms with Crippen LogP contribution in [-0.2, 0) is 9.59 Å². The number of carboxylic acid groups (broad SMARTS) is 1. The molecule has 3 amide bonds. The Morgan fingerprint density at radius 2 is 1.84 bits per heavy atom. The van der Waals surface area contributed by atoms with Crippen LogP contribution in [0.3, 0.4) is 0 Å². The van der Waals surface area contributed by atoms with E-state index in [1.54, 1.807) is 6.92 Å². The van der Waals surface area contributed by atoms with Crippen LogP contribution in [0.25, 0.3) is 0 Å². The molecule has 7 heteroatoms. The number of urea groups is 1. The van der Waals surface area contributed by atoms with Crippen molar-refractivity contribution in [2.75, 3.05) is 27.2 Å². The minimum absolute atomic E-state index is 0.0659. The van der Waals surface area contributed by atoms with Gasteiger partial charge in [-0.15, -0.1) is 0 Å². The van der Waals surface area contributed by atoms with Crippen molar-refractivity contribution in [1.82, 2.24) is 15.1 Å². The van der Waals surface area contributed by atoms with Crippen molar-refractivity contribution < 1.29 is 19.5 Å². The van der Waals surface area contributed by atoms with Gasteiger partial charge in [-0.3, -0.25) is 4.79 Å². The summed E-state index contributed by atoms with van der Waals surface area (Å²) in [6.07, 6.45) is 1.01. The molecule has 0 fully saturated rings. The fourth-order valence-corrected chi connectivity index (χ4v) is 1.74. The predicted octanol–water partition coefficient (Wildman–Crippen LogP) is 0.359. The largest absolute Gasteiger partial charge is 0.480 e. The number of nitrogens with one attached hydrogen (secondary N) is 1. The topological polar surface area (TPSA) is 90.0 Å². The fraction of sp³-hybridized carbons (Fsp3) is 0.750. The van der Waals surface area contributed by atoms with E-state index in [1.807, 2.05) is 6.92 Å². The minimum atomic E-state index is -1.05. The van der Waals surface area contributed by atoms with E-state index < -0.39 is 18.0 Å². The molecule has 0 rings (SSSR count). The standard InChI is InChI=1S/C12H23N3O4/c1-5-7-15(8-10(16)13-3)12(19)14(4)9(6-2)11(17)18/h9H,5-8H2,1-4H3,(H,13,16)(H,17,18). The average molecular weight is 273 g/mol. The van der Waals surface area contributed by atoms with E-state index in [1.165, 1.54) is 23.9 Å². The Morgan fingerprint density at radius 3 is 2.21 bits per heavy atom. The minimum Gasteiger partial charge on any atom is -0.480 e. The molecule has 110 valence electrons. The first-order valence-electron chi connectivity index (χ1n) is 6.34. The molecule has 1 unspecified atom stereocenters. The number of nitrogens with zero attached hydrogens (tertiary/aromatic N) is 2. The zero-order valence-corrected chi connectivity index (χ0v) is 12.0. The third-order valence-electron chi connectivity index (χ3n) is 2.82. The lowest BCUT2D eigenvalue weighted by Crippen LogP contribution is -2.51. The summed E-state index contributed by atoms with van der Waals surface area (Å²) in [5, 5.41) is 11.5. The lowest BCUT2D eigenvalue weighted by molar-refractivity contribution is -0.142. The normalized spacial score (nSPS) is 11.6. The molecule has 2 N–H and O–H groups in total. The molecule has 0 bridgehead atoms. The molecule has 0 saturated heterocycles. The van der Waals surface area contributed by atoms with Crippen LogP contribution in [0.15, 0.2) is 0 Å². The van der Waals surface area contributed by atoms with Gasteiger partial charge in [0.05, 0.1) is 0 Å². The summed E-state index contributed by atoms with van der Waals surface area (Å²) >= 11 is 0. The number of aliphatic carboxylic acids is 1. The average Bonchev–Trinajstić information content (AvgIpc) is 2.37. The summed E-state index contributed by atoms with van der Waals surface area (Å²) in [4.78, 5) is 37.1. The SMILES string of the molecule is CCCN(CC(=O)NC)C(=O)N(C)C(CC)C(=O)O. The maximum Gasteiger partial charge on any atom is 0.326 e. The maximum atomic E-state index is 12.2. The van der Waals surface area contributed by atoms with Crippen molar-refractivity contribution >= 4 is 17.9 Å². The molecule has 0 aliphatic heterocycles. The summed E-state index contributed by atoms with van der Waals surface area (Å²) in [6.45, 7) is 3.93. The highest BCUT2D eigenvalue weighted by molar-refractivity contribution is 5.86. The molecule has 7 nitrogen and oxygen atoms in total. The van der Waals surface area contributed by atoms with E-state index in [4.69, 9.17) is 5.11 Å². The highest BCUT2D eigenvalue weighted by Gasteiger charge is 2.28. The molecule has 0 aromatic heterocycles. The maximum absolute atomic E-state index is 12.2. The second-order valence-electron chi connectivity index (χ2n) is 4.25. The highest BCUT2D eigenvalue weighted by atomic mass is 16.4. The summed E-state index contributed by atoms with van der Waals surface area (Å²) in [7, 11) is 2.93. The number of hydrogen-bond acceptors (Lipinski definition) is 3. The van der Waals surface area contributed by atoms with Crippen molar-refractivity contribution in [1.29, 1.82) is 0 Å². The van der Waals surface area contributed by atoms with Crippen LogP contribution in [-0.4, -0.2) is 66.0 Å². The van der Waals surface area contributed by atoms with E-state index in [9.17, 15) is 14.4 Å². The predicted molar refractivity (Wildman–Crippen MR) is 70.8 cm³/mol. The second-order valence-corrected chi connectivity index (χ2v) is 4.25. The Hall–Kier alpha value is -1.79. The highest BCUT2D eigenvalue weighted by Crippen LogP contribution is 2.07. The molecule has 0 aliphatic carbocycles. The Kier molecular flexibility index (Phi) is 7.55. The Morgan fingerprint density at radius 1 is 1.26 bits per heavy atom. The van der Waals surface area contributed by atoms with E-state index >= 15 is 0 Å². The van der Waals surface area contributed by atoms with Crippen LogP contribution in [0.4, 0.5) is 4.79 Å². The molecule has 0 aromatic rings. The third kappa shape index (κ3) is 5.15. The Bertz CT molecular complexity index is 333. The molecule has 0 heterocycles. The number of carbonyl (C=O) groups excluding carboxylic acids is 2. The quantitative estimate of drug-likeness (QED) is 0.700. The van der Waals surface area contributed by atoms with Crippen LogP contribution >= 0.6 is 0 Å². The molecule has 0 aliphatic rings. The van der Waals surface area contributed by atoms with E-state index in [2.05, 4.69) is 5.32 Å². The van der Waals surface area contributed by atoms with Crippen molar-refractivity contribution in [3.8, 4) is 0 Å². The van der Waals surface area contributed by atoms with E-state index in [-0.39, 0.29) is 12.5 Å². The zero-order valence-electron chi connectivity index (χ0n) is 12.0. The summed E-state index contributed by atoms with van der Waals surface area (Å²) in [6, 6.07) is -1.32. The number of hydrogen-bond donors (Lipinski definition) is 2. The van der Waals surface area contributed by atoms with E-state index in [0.717, 1.165) is 0 Å². The number of likely N-dealkylation sites (N-methyl/N-ethyl adjacent to an activating group) is 2. The molecular weight excluding hydrogens is 250 g/mol. The molecule has 19 heavy (non-hydrogen) atoms. The second kappa shape index (κ2) is 8.34. The van der Waals surface area contributed by atoms with Gasteiger partial charge in [-0.1, -0.05) is 13.8 Å². The first-order chi connectivity index (χ1) is 8.88. The molecule has 0 radical (unpaired) electrons. The zero-order chi connectivity index (χ0) is 15.0. The van der Waals surface area contributed by atoms with Gasteiger partial charge in [0.2, 0.25) is 5.91 Å². The Labute approximate surface area is 113 Å². The van der Waals surface area contributed by atoms with Gasteiger partial charge in [0, 0.05) is 20.6 Å². The number of carbonyl (C=O) groups is 3. The van der Waals surface area contributed by atoms with Gasteiger partial charge in [0.15, 0.2) is 0 Å². The molecular formula is C12H23N3O4. The molecule has 0 saturated carbocycles. The number of rotatable bonds is 7. The van der Waals surface area contributed by atoms with Crippen molar-refractivity contribution in [3.05, 3.63) is 0 Å². The first kappa shape index (κ1) is 17.2. The number of amides is 3. The van der Waals surface area contributed by atoms with Gasteiger partial charge in [0.25, 0.3) is 0 Å². The third-order valence-corrected chi connectivity index (χ3v) is 2.82. The van der Waals surface area contributed by atoms with Crippen LogP contribution in [0.2, 0.25) is 0 Å². The van der Waals surface area contributed by atoms with Gasteiger partial charge >= 0.3 is 12.0 Å². The van der Waals surface area contributed by atoms with Crippen LogP contribution in [0.5, 0.6) is 0 Å². The van der Waals surface area contributed by atoms with Crippen LogP contribution in [0.1, 0.15) is 26.7 Å². The smallest absolute Gasteiger partial charge is 0.326 e. The van der Waals surface area contributed by atoms with Gasteiger partial charge < -0.3 is 20.2 Å². The summed E-state index contributed by atoms with van der Waals surface area (Å²) < 4.78 is 0. The molecule has 1 atom stereocenters. The van der Waals surface area contributed by atoms with Gasteiger partial charge in [-0.2, -0.15) is 0 Å². The van der Waals surface area contributed by atoms with Gasteiger partial charge in [-0.05, 0) is 12.8 Å². The van der Waals surface area contributed by atoms with Gasteiger partial charge in [-0.25, -0.2) is 9.59 Å². The van der Waals surface area contributed by atoms with Gasteiger partial charge in [0.1, 0.15) is 12.6 Å². The summed E-state index contributed by atoms with van der Waals surface area (Å²) in [5.41, 5.74) is 0.